The highest BCUT2D eigenvalue weighted by Gasteiger charge is 2.48. The number of benzene rings is 1. The van der Waals surface area contributed by atoms with E-state index in [4.69, 9.17) is 5.73 Å². The molecule has 1 aliphatic carbocycles. The number of carbonyl (C=O) groups is 1. The van der Waals surface area contributed by atoms with Crippen molar-refractivity contribution in [1.29, 1.82) is 0 Å². The summed E-state index contributed by atoms with van der Waals surface area (Å²) in [5.41, 5.74) is 8.82. The summed E-state index contributed by atoms with van der Waals surface area (Å²) in [6.07, 6.45) is 2.96. The van der Waals surface area contributed by atoms with Crippen LogP contribution in [0.3, 0.4) is 0 Å². The molecular formula is C21H22FN5O2. The van der Waals surface area contributed by atoms with E-state index in [2.05, 4.69) is 15.2 Å². The largest absolute Gasteiger partial charge is 0.505 e. The number of H-pyrrole nitrogens is 1. The molecule has 0 spiro atoms. The smallest absolute Gasteiger partial charge is 0.254 e. The number of aromatic hydroxyl groups is 1. The lowest BCUT2D eigenvalue weighted by Crippen LogP contribution is -2.36. The normalized spacial score (nSPS) is 20.4. The Bertz CT molecular complexity index is 1140. The van der Waals surface area contributed by atoms with Crippen LogP contribution in [0.15, 0.2) is 24.3 Å². The molecule has 0 bridgehead atoms. The first-order chi connectivity index (χ1) is 13.9. The second-order valence-corrected chi connectivity index (χ2v) is 8.22. The van der Waals surface area contributed by atoms with Crippen molar-refractivity contribution in [2.45, 2.75) is 31.7 Å². The SMILES string of the molecule is Cc1n[nH]c2nc(-c3ccc(O)c(F)c3)cc(C(=O)N3CC[C@@H](C4(N)CC4)C3)c12. The highest BCUT2D eigenvalue weighted by Crippen LogP contribution is 2.44. The average molecular weight is 395 g/mol. The fourth-order valence-corrected chi connectivity index (χ4v) is 4.30. The Balaban J connectivity index is 1.56. The lowest BCUT2D eigenvalue weighted by molar-refractivity contribution is 0.0786. The molecule has 1 atom stereocenters. The molecule has 0 unspecified atom stereocenters. The summed E-state index contributed by atoms with van der Waals surface area (Å²) >= 11 is 0. The maximum Gasteiger partial charge on any atom is 0.254 e. The maximum atomic E-state index is 13.9. The van der Waals surface area contributed by atoms with Crippen molar-refractivity contribution in [3.8, 4) is 17.0 Å². The Labute approximate surface area is 166 Å². The van der Waals surface area contributed by atoms with Crippen LogP contribution in [0.2, 0.25) is 0 Å². The third-order valence-corrected chi connectivity index (χ3v) is 6.30. The van der Waals surface area contributed by atoms with E-state index in [1.54, 1.807) is 12.1 Å². The molecule has 8 heteroatoms. The quantitative estimate of drug-likeness (QED) is 0.632. The number of phenols is 1. The van der Waals surface area contributed by atoms with Crippen LogP contribution in [0, 0.1) is 18.7 Å². The van der Waals surface area contributed by atoms with Crippen LogP contribution < -0.4 is 5.73 Å². The van der Waals surface area contributed by atoms with Crippen molar-refractivity contribution in [1.82, 2.24) is 20.1 Å². The van der Waals surface area contributed by atoms with E-state index >= 15 is 0 Å². The Morgan fingerprint density at radius 2 is 2.17 bits per heavy atom. The van der Waals surface area contributed by atoms with Crippen molar-refractivity contribution >= 4 is 16.9 Å². The van der Waals surface area contributed by atoms with Gasteiger partial charge in [0.15, 0.2) is 17.2 Å². The number of nitrogens with zero attached hydrogens (tertiary/aromatic N) is 3. The summed E-state index contributed by atoms with van der Waals surface area (Å²) in [6.45, 7) is 3.15. The minimum atomic E-state index is -0.738. The van der Waals surface area contributed by atoms with Crippen molar-refractivity contribution < 1.29 is 14.3 Å². The molecule has 2 aliphatic rings. The van der Waals surface area contributed by atoms with Crippen LogP contribution in [-0.4, -0.2) is 49.7 Å². The van der Waals surface area contributed by atoms with E-state index in [0.29, 0.717) is 52.6 Å². The van der Waals surface area contributed by atoms with E-state index in [1.165, 1.54) is 12.1 Å². The molecule has 1 saturated heterocycles. The number of likely N-dealkylation sites (tertiary alicyclic amines) is 1. The zero-order chi connectivity index (χ0) is 20.3. The molecule has 4 N–H and O–H groups in total. The van der Waals surface area contributed by atoms with Gasteiger partial charge in [0.25, 0.3) is 5.91 Å². The summed E-state index contributed by atoms with van der Waals surface area (Å²) in [6, 6.07) is 5.73. The predicted molar refractivity (Wildman–Crippen MR) is 106 cm³/mol. The van der Waals surface area contributed by atoms with Gasteiger partial charge in [0.2, 0.25) is 0 Å². The molecule has 3 heterocycles. The van der Waals surface area contributed by atoms with Gasteiger partial charge in [0, 0.05) is 24.2 Å². The van der Waals surface area contributed by atoms with Gasteiger partial charge in [0.05, 0.1) is 22.3 Å². The third kappa shape index (κ3) is 2.95. The number of nitrogens with two attached hydrogens (primary N) is 1. The van der Waals surface area contributed by atoms with Gasteiger partial charge in [-0.3, -0.25) is 9.89 Å². The second kappa shape index (κ2) is 6.25. The number of nitrogens with one attached hydrogen (secondary N) is 1. The van der Waals surface area contributed by atoms with Gasteiger partial charge >= 0.3 is 0 Å². The van der Waals surface area contributed by atoms with E-state index in [9.17, 15) is 14.3 Å². The van der Waals surface area contributed by atoms with Crippen LogP contribution in [0.4, 0.5) is 4.39 Å². The first-order valence-corrected chi connectivity index (χ1v) is 9.78. The molecule has 5 rings (SSSR count). The van der Waals surface area contributed by atoms with Crippen molar-refractivity contribution in [3.05, 3.63) is 41.3 Å². The number of rotatable bonds is 3. The van der Waals surface area contributed by atoms with Gasteiger partial charge in [-0.2, -0.15) is 5.10 Å². The van der Waals surface area contributed by atoms with Crippen molar-refractivity contribution in [3.63, 3.8) is 0 Å². The molecule has 0 radical (unpaired) electrons. The zero-order valence-corrected chi connectivity index (χ0v) is 16.1. The summed E-state index contributed by atoms with van der Waals surface area (Å²) in [5.74, 6) is -0.922. The van der Waals surface area contributed by atoms with E-state index in [1.807, 2.05) is 11.8 Å². The number of aryl methyl sites for hydroxylation is 1. The Morgan fingerprint density at radius 3 is 2.90 bits per heavy atom. The predicted octanol–water partition coefficient (Wildman–Crippen LogP) is 2.73. The van der Waals surface area contributed by atoms with Gasteiger partial charge in [0.1, 0.15) is 0 Å². The van der Waals surface area contributed by atoms with Crippen LogP contribution in [0.25, 0.3) is 22.3 Å². The summed E-state index contributed by atoms with van der Waals surface area (Å²) in [5, 5.41) is 17.2. The number of fused-ring (bicyclic) bond motifs is 1. The average Bonchev–Trinajstić information content (AvgIpc) is 3.12. The highest BCUT2D eigenvalue weighted by atomic mass is 19.1. The monoisotopic (exact) mass is 395 g/mol. The van der Waals surface area contributed by atoms with E-state index in [0.717, 1.165) is 19.3 Å². The van der Waals surface area contributed by atoms with E-state index in [-0.39, 0.29) is 11.4 Å². The molecule has 29 heavy (non-hydrogen) atoms. The fourth-order valence-electron chi connectivity index (χ4n) is 4.30. The van der Waals surface area contributed by atoms with Crippen LogP contribution in [-0.2, 0) is 0 Å². The van der Waals surface area contributed by atoms with E-state index < -0.39 is 11.6 Å². The molecule has 1 aliphatic heterocycles. The van der Waals surface area contributed by atoms with Gasteiger partial charge in [-0.25, -0.2) is 9.37 Å². The number of phenolic OH excluding ortho intramolecular Hbond substituents is 1. The van der Waals surface area contributed by atoms with Gasteiger partial charge in [-0.05, 0) is 56.4 Å². The molecule has 2 aromatic heterocycles. The molecule has 7 nitrogen and oxygen atoms in total. The Morgan fingerprint density at radius 1 is 1.38 bits per heavy atom. The topological polar surface area (TPSA) is 108 Å². The summed E-state index contributed by atoms with van der Waals surface area (Å²) < 4.78 is 13.9. The number of halogens is 1. The number of aromatic nitrogens is 3. The van der Waals surface area contributed by atoms with Crippen molar-refractivity contribution in [2.24, 2.45) is 11.7 Å². The zero-order valence-electron chi connectivity index (χ0n) is 16.1. The standard InChI is InChI=1S/C21H22FN5O2/c1-11-18-14(20(29)27-7-4-13(10-27)21(23)5-6-21)9-16(24-19(18)26-25-11)12-2-3-17(28)15(22)8-12/h2-3,8-9,13,28H,4-7,10,23H2,1H3,(H,24,25,26)/t13-/m1/s1. The van der Waals surface area contributed by atoms with Gasteiger partial charge in [-0.15, -0.1) is 0 Å². The lowest BCUT2D eigenvalue weighted by atomic mass is 9.97. The molecule has 1 aromatic carbocycles. The number of carbonyl (C=O) groups excluding carboxylic acids is 1. The van der Waals surface area contributed by atoms with Gasteiger partial charge in [-0.1, -0.05) is 0 Å². The first kappa shape index (κ1) is 18.1. The summed E-state index contributed by atoms with van der Waals surface area (Å²) in [7, 11) is 0. The Hall–Kier alpha value is -3.00. The molecule has 2 fully saturated rings. The maximum absolute atomic E-state index is 13.9. The Kier molecular flexibility index (Phi) is 3.89. The van der Waals surface area contributed by atoms with Crippen LogP contribution >= 0.6 is 0 Å². The fraction of sp³-hybridized carbons (Fsp3) is 0.381. The minimum Gasteiger partial charge on any atom is -0.505 e. The number of amides is 1. The third-order valence-electron chi connectivity index (χ3n) is 6.30. The molecule has 150 valence electrons. The summed E-state index contributed by atoms with van der Waals surface area (Å²) in [4.78, 5) is 19.8. The highest BCUT2D eigenvalue weighted by molar-refractivity contribution is 6.07. The van der Waals surface area contributed by atoms with Crippen LogP contribution in [0.1, 0.15) is 35.3 Å². The second-order valence-electron chi connectivity index (χ2n) is 8.22. The molecule has 1 saturated carbocycles. The number of pyridine rings is 1. The van der Waals surface area contributed by atoms with Crippen molar-refractivity contribution in [2.75, 3.05) is 13.1 Å². The minimum absolute atomic E-state index is 0.0887. The molecular weight excluding hydrogens is 373 g/mol. The number of hydrogen-bond donors (Lipinski definition) is 3. The first-order valence-electron chi connectivity index (χ1n) is 9.78. The number of aromatic amines is 1. The lowest BCUT2D eigenvalue weighted by Gasteiger charge is -2.20. The van der Waals surface area contributed by atoms with Crippen LogP contribution in [0.5, 0.6) is 5.75 Å². The molecule has 1 amide bonds. The molecule has 3 aromatic rings. The number of hydrogen-bond acceptors (Lipinski definition) is 5. The van der Waals surface area contributed by atoms with Gasteiger partial charge < -0.3 is 15.7 Å².